The zero-order valence-electron chi connectivity index (χ0n) is 16.4. The van der Waals surface area contributed by atoms with Crippen LogP contribution in [0.4, 0.5) is 10.1 Å². The zero-order valence-corrected chi connectivity index (χ0v) is 16.4. The fourth-order valence-electron chi connectivity index (χ4n) is 3.99. The Morgan fingerprint density at radius 1 is 1.19 bits per heavy atom. The summed E-state index contributed by atoms with van der Waals surface area (Å²) in [5, 5.41) is 21.8. The Morgan fingerprint density at radius 3 is 2.52 bits per heavy atom. The summed E-state index contributed by atoms with van der Waals surface area (Å²) < 4.78 is 20.3. The van der Waals surface area contributed by atoms with Gasteiger partial charge in [-0.1, -0.05) is 18.2 Å². The van der Waals surface area contributed by atoms with Crippen LogP contribution in [0.25, 0.3) is 5.76 Å². The number of benzene rings is 2. The maximum absolute atomic E-state index is 14.7. The smallest absolute Gasteiger partial charge is 0.295 e. The van der Waals surface area contributed by atoms with E-state index in [9.17, 15) is 29.2 Å². The summed E-state index contributed by atoms with van der Waals surface area (Å²) in [5.74, 6) is -2.94. The fourth-order valence-corrected chi connectivity index (χ4v) is 3.99. The van der Waals surface area contributed by atoms with E-state index in [4.69, 9.17) is 4.74 Å². The number of aliphatic hydroxyl groups excluding tert-OH is 1. The van der Waals surface area contributed by atoms with Crippen molar-refractivity contribution >= 4 is 23.1 Å². The summed E-state index contributed by atoms with van der Waals surface area (Å²) >= 11 is 0. The van der Waals surface area contributed by atoms with Crippen LogP contribution in [0.1, 0.15) is 30.0 Å². The van der Waals surface area contributed by atoms with Gasteiger partial charge in [0, 0.05) is 36.4 Å². The highest BCUT2D eigenvalue weighted by atomic mass is 19.1. The van der Waals surface area contributed by atoms with Crippen molar-refractivity contribution in [3.8, 4) is 0 Å². The molecule has 2 aromatic carbocycles. The molecule has 2 aliphatic rings. The van der Waals surface area contributed by atoms with Crippen LogP contribution in [0.3, 0.4) is 0 Å². The number of likely N-dealkylation sites (tertiary alicyclic amines) is 1. The van der Waals surface area contributed by atoms with Crippen molar-refractivity contribution in [3.05, 3.63) is 81.2 Å². The van der Waals surface area contributed by atoms with E-state index in [1.807, 2.05) is 0 Å². The Balaban J connectivity index is 1.82. The molecule has 0 bridgehead atoms. The molecule has 2 fully saturated rings. The fraction of sp³-hybridized carbons (Fsp3) is 0.273. The number of ketones is 1. The summed E-state index contributed by atoms with van der Waals surface area (Å²) in [6, 6.07) is 9.51. The minimum atomic E-state index is -1.14. The van der Waals surface area contributed by atoms with E-state index >= 15 is 0 Å². The molecule has 2 aliphatic heterocycles. The lowest BCUT2D eigenvalue weighted by molar-refractivity contribution is -0.384. The molecule has 2 saturated heterocycles. The molecule has 9 heteroatoms. The summed E-state index contributed by atoms with van der Waals surface area (Å²) in [5.41, 5.74) is -0.270. The number of hydrogen-bond acceptors (Lipinski definition) is 6. The molecule has 160 valence electrons. The van der Waals surface area contributed by atoms with E-state index in [2.05, 4.69) is 0 Å². The Hall–Kier alpha value is -3.59. The van der Waals surface area contributed by atoms with Gasteiger partial charge in [0.1, 0.15) is 11.6 Å². The average Bonchev–Trinajstić information content (AvgIpc) is 3.36. The number of amides is 1. The van der Waals surface area contributed by atoms with Gasteiger partial charge in [0.05, 0.1) is 22.6 Å². The number of halogens is 1. The first-order valence-corrected chi connectivity index (χ1v) is 9.77. The second-order valence-electron chi connectivity index (χ2n) is 7.41. The number of rotatable bonds is 5. The number of carbonyl (C=O) groups excluding carboxylic acids is 2. The lowest BCUT2D eigenvalue weighted by Crippen LogP contribution is -2.36. The minimum Gasteiger partial charge on any atom is -0.507 e. The van der Waals surface area contributed by atoms with E-state index < -0.39 is 34.2 Å². The van der Waals surface area contributed by atoms with Crippen molar-refractivity contribution in [3.63, 3.8) is 0 Å². The first-order chi connectivity index (χ1) is 14.9. The van der Waals surface area contributed by atoms with Gasteiger partial charge in [-0.3, -0.25) is 19.7 Å². The third kappa shape index (κ3) is 3.79. The third-order valence-electron chi connectivity index (χ3n) is 5.52. The molecular formula is C22H19FN2O6. The van der Waals surface area contributed by atoms with Gasteiger partial charge >= 0.3 is 0 Å². The number of hydrogen-bond donors (Lipinski definition) is 1. The summed E-state index contributed by atoms with van der Waals surface area (Å²) in [6.07, 6.45) is 1.24. The predicted molar refractivity (Wildman–Crippen MR) is 107 cm³/mol. The van der Waals surface area contributed by atoms with Gasteiger partial charge in [0.15, 0.2) is 0 Å². The van der Waals surface area contributed by atoms with Crippen LogP contribution in [-0.4, -0.2) is 45.9 Å². The van der Waals surface area contributed by atoms with Crippen LogP contribution < -0.4 is 0 Å². The van der Waals surface area contributed by atoms with Gasteiger partial charge in [0.25, 0.3) is 17.4 Å². The second-order valence-corrected chi connectivity index (χ2v) is 7.41. The number of ether oxygens (including phenoxy) is 1. The molecule has 1 N–H and O–H groups in total. The van der Waals surface area contributed by atoms with Gasteiger partial charge in [-0.2, -0.15) is 0 Å². The first-order valence-electron chi connectivity index (χ1n) is 9.77. The molecule has 0 saturated carbocycles. The average molecular weight is 426 g/mol. The highest BCUT2D eigenvalue weighted by Crippen LogP contribution is 2.41. The maximum atomic E-state index is 14.7. The van der Waals surface area contributed by atoms with Gasteiger partial charge < -0.3 is 14.7 Å². The molecule has 2 atom stereocenters. The van der Waals surface area contributed by atoms with E-state index in [0.717, 1.165) is 6.42 Å². The molecule has 0 radical (unpaired) electrons. The number of nitro groups is 1. The Bertz CT molecular complexity index is 1080. The molecule has 0 spiro atoms. The van der Waals surface area contributed by atoms with Crippen molar-refractivity contribution < 1.29 is 28.7 Å². The minimum absolute atomic E-state index is 0.0724. The number of carbonyl (C=O) groups is 2. The topological polar surface area (TPSA) is 110 Å². The number of non-ortho nitro benzene ring substituents is 1. The molecule has 2 aromatic rings. The normalized spacial score (nSPS) is 22.8. The molecule has 31 heavy (non-hydrogen) atoms. The number of aliphatic hydroxyl groups is 1. The molecule has 8 nitrogen and oxygen atoms in total. The molecule has 4 rings (SSSR count). The molecule has 1 amide bonds. The first kappa shape index (κ1) is 20.7. The largest absolute Gasteiger partial charge is 0.507 e. The SMILES string of the molecule is O=C1C(=O)N(CC2CCCO2)C(c2ccccc2F)/C1=C(\O)c1ccc([N+](=O)[O-])cc1. The molecular weight excluding hydrogens is 407 g/mol. The van der Waals surface area contributed by atoms with Gasteiger partial charge in [-0.05, 0) is 31.0 Å². The Labute approximate surface area is 176 Å². The second kappa shape index (κ2) is 8.27. The Morgan fingerprint density at radius 2 is 1.90 bits per heavy atom. The predicted octanol–water partition coefficient (Wildman–Crippen LogP) is 3.33. The van der Waals surface area contributed by atoms with Crippen molar-refractivity contribution in [2.45, 2.75) is 25.0 Å². The quantitative estimate of drug-likeness (QED) is 0.258. The van der Waals surface area contributed by atoms with E-state index in [-0.39, 0.29) is 35.0 Å². The molecule has 2 unspecified atom stereocenters. The standard InChI is InChI=1S/C22H19FN2O6/c23-17-6-2-1-5-16(17)19-18(20(26)13-7-9-14(10-8-13)25(29)30)21(27)22(28)24(19)12-15-4-3-11-31-15/h1-2,5-10,15,19,26H,3-4,11-12H2/b20-18+. The van der Waals surface area contributed by atoms with E-state index in [1.165, 1.54) is 47.4 Å². The highest BCUT2D eigenvalue weighted by Gasteiger charge is 2.47. The van der Waals surface area contributed by atoms with Crippen molar-refractivity contribution in [1.82, 2.24) is 4.90 Å². The summed E-state index contributed by atoms with van der Waals surface area (Å²) in [4.78, 5) is 37.3. The van der Waals surface area contributed by atoms with Gasteiger partial charge in [-0.25, -0.2) is 4.39 Å². The van der Waals surface area contributed by atoms with Crippen LogP contribution in [0, 0.1) is 15.9 Å². The molecule has 0 aromatic heterocycles. The monoisotopic (exact) mass is 426 g/mol. The van der Waals surface area contributed by atoms with E-state index in [0.29, 0.717) is 13.0 Å². The Kier molecular flexibility index (Phi) is 5.51. The van der Waals surface area contributed by atoms with Crippen LogP contribution >= 0.6 is 0 Å². The van der Waals surface area contributed by atoms with Crippen LogP contribution in [0.15, 0.2) is 54.1 Å². The maximum Gasteiger partial charge on any atom is 0.295 e. The van der Waals surface area contributed by atoms with Crippen molar-refractivity contribution in [2.75, 3.05) is 13.2 Å². The molecule has 0 aliphatic carbocycles. The van der Waals surface area contributed by atoms with Crippen LogP contribution in [0.5, 0.6) is 0 Å². The third-order valence-corrected chi connectivity index (χ3v) is 5.52. The van der Waals surface area contributed by atoms with Gasteiger partial charge in [0.2, 0.25) is 0 Å². The van der Waals surface area contributed by atoms with Crippen molar-refractivity contribution in [1.29, 1.82) is 0 Å². The lowest BCUT2D eigenvalue weighted by atomic mass is 9.94. The molecule has 2 heterocycles. The highest BCUT2D eigenvalue weighted by molar-refractivity contribution is 6.46. The van der Waals surface area contributed by atoms with Crippen LogP contribution in [-0.2, 0) is 14.3 Å². The number of Topliss-reactive ketones (excluding diaryl/α,β-unsaturated/α-hetero) is 1. The number of nitro benzene ring substituents is 1. The van der Waals surface area contributed by atoms with Crippen molar-refractivity contribution in [2.24, 2.45) is 0 Å². The van der Waals surface area contributed by atoms with Crippen LogP contribution in [0.2, 0.25) is 0 Å². The van der Waals surface area contributed by atoms with Gasteiger partial charge in [-0.15, -0.1) is 0 Å². The summed E-state index contributed by atoms with van der Waals surface area (Å²) in [6.45, 7) is 0.627. The zero-order chi connectivity index (χ0) is 22.1. The lowest BCUT2D eigenvalue weighted by Gasteiger charge is -2.27. The summed E-state index contributed by atoms with van der Waals surface area (Å²) in [7, 11) is 0. The number of nitrogens with zero attached hydrogens (tertiary/aromatic N) is 2. The van der Waals surface area contributed by atoms with E-state index in [1.54, 1.807) is 6.07 Å².